The predicted molar refractivity (Wildman–Crippen MR) is 57.5 cm³/mol. The molecule has 0 saturated carbocycles. The van der Waals surface area contributed by atoms with Crippen LogP contribution < -0.4 is 5.73 Å². The molecule has 2 rings (SSSR count). The van der Waals surface area contributed by atoms with Crippen molar-refractivity contribution in [2.75, 3.05) is 0 Å². The molecular weight excluding hydrogens is 198 g/mol. The number of hydrogen-bond acceptors (Lipinski definition) is 2. The molecule has 1 atom stereocenters. The molecule has 4 heteroatoms. The van der Waals surface area contributed by atoms with Crippen LogP contribution in [0.3, 0.4) is 0 Å². The number of fused-ring (bicyclic) bond motifs is 1. The molecule has 0 spiro atoms. The van der Waals surface area contributed by atoms with Crippen molar-refractivity contribution in [3.05, 3.63) is 34.9 Å². The summed E-state index contributed by atoms with van der Waals surface area (Å²) in [5.41, 5.74) is 7.87. The van der Waals surface area contributed by atoms with E-state index in [-0.39, 0.29) is 6.04 Å². The minimum Gasteiger partial charge on any atom is -0.322 e. The van der Waals surface area contributed by atoms with Gasteiger partial charge in [0.25, 0.3) is 0 Å². The largest absolute Gasteiger partial charge is 0.322 e. The van der Waals surface area contributed by atoms with Crippen LogP contribution in [0.25, 0.3) is 5.52 Å². The number of rotatable bonds is 1. The van der Waals surface area contributed by atoms with Gasteiger partial charge in [-0.15, -0.1) is 0 Å². The van der Waals surface area contributed by atoms with Crippen LogP contribution in [0.5, 0.6) is 0 Å². The first-order chi connectivity index (χ1) is 6.59. The quantitative estimate of drug-likeness (QED) is 0.784. The van der Waals surface area contributed by atoms with E-state index >= 15 is 0 Å². The molecule has 0 amide bonds. The molecular formula is C10H12ClN3. The summed E-state index contributed by atoms with van der Waals surface area (Å²) < 4.78 is 1.93. The molecule has 0 radical (unpaired) electrons. The smallest absolute Gasteiger partial charge is 0.155 e. The topological polar surface area (TPSA) is 43.3 Å². The first-order valence-corrected chi connectivity index (χ1v) is 4.87. The maximum Gasteiger partial charge on any atom is 0.155 e. The van der Waals surface area contributed by atoms with Crippen molar-refractivity contribution >= 4 is 17.1 Å². The van der Waals surface area contributed by atoms with Gasteiger partial charge in [0, 0.05) is 6.20 Å². The zero-order chi connectivity index (χ0) is 10.3. The molecule has 2 N–H and O–H groups in total. The van der Waals surface area contributed by atoms with Crippen molar-refractivity contribution in [3.8, 4) is 0 Å². The molecule has 3 nitrogen and oxygen atoms in total. The molecule has 0 aromatic carbocycles. The molecule has 0 saturated heterocycles. The van der Waals surface area contributed by atoms with E-state index in [9.17, 15) is 0 Å². The minimum atomic E-state index is -0.113. The van der Waals surface area contributed by atoms with Crippen molar-refractivity contribution in [2.24, 2.45) is 5.73 Å². The second-order valence-corrected chi connectivity index (χ2v) is 3.87. The highest BCUT2D eigenvalue weighted by atomic mass is 35.5. The molecule has 14 heavy (non-hydrogen) atoms. The van der Waals surface area contributed by atoms with E-state index in [0.29, 0.717) is 5.15 Å². The van der Waals surface area contributed by atoms with Crippen molar-refractivity contribution in [2.45, 2.75) is 19.9 Å². The third kappa shape index (κ3) is 1.38. The Morgan fingerprint density at radius 2 is 2.29 bits per heavy atom. The summed E-state index contributed by atoms with van der Waals surface area (Å²) in [4.78, 5) is 4.23. The fraction of sp³-hybridized carbons (Fsp3) is 0.300. The van der Waals surface area contributed by atoms with Gasteiger partial charge in [-0.3, -0.25) is 0 Å². The van der Waals surface area contributed by atoms with Gasteiger partial charge >= 0.3 is 0 Å². The van der Waals surface area contributed by atoms with E-state index in [1.54, 1.807) is 0 Å². The number of pyridine rings is 1. The van der Waals surface area contributed by atoms with E-state index in [1.807, 2.05) is 36.6 Å². The van der Waals surface area contributed by atoms with Crippen molar-refractivity contribution in [3.63, 3.8) is 0 Å². The standard InChI is InChI=1S/C10H12ClN3/c1-6-3-4-14-8(5-6)9(11)13-10(14)7(2)12/h3-5,7H,12H2,1-2H3. The molecule has 2 aromatic heterocycles. The number of nitrogens with two attached hydrogens (primary N) is 1. The van der Waals surface area contributed by atoms with Crippen molar-refractivity contribution in [1.29, 1.82) is 0 Å². The van der Waals surface area contributed by atoms with Gasteiger partial charge in [0.05, 0.1) is 11.6 Å². The third-order valence-corrected chi connectivity index (χ3v) is 2.47. The lowest BCUT2D eigenvalue weighted by Gasteiger charge is -2.03. The zero-order valence-corrected chi connectivity index (χ0v) is 8.92. The van der Waals surface area contributed by atoms with Gasteiger partial charge in [0.15, 0.2) is 5.15 Å². The highest BCUT2D eigenvalue weighted by Crippen LogP contribution is 2.21. The maximum atomic E-state index is 6.01. The number of aryl methyl sites for hydroxylation is 1. The maximum absolute atomic E-state index is 6.01. The Kier molecular flexibility index (Phi) is 2.21. The molecule has 1 unspecified atom stereocenters. The van der Waals surface area contributed by atoms with Gasteiger partial charge in [-0.2, -0.15) is 0 Å². The molecule has 0 aliphatic heterocycles. The minimum absolute atomic E-state index is 0.113. The highest BCUT2D eigenvalue weighted by Gasteiger charge is 2.11. The second kappa shape index (κ2) is 3.26. The zero-order valence-electron chi connectivity index (χ0n) is 8.16. The summed E-state index contributed by atoms with van der Waals surface area (Å²) in [7, 11) is 0. The fourth-order valence-electron chi connectivity index (χ4n) is 1.50. The van der Waals surface area contributed by atoms with Gasteiger partial charge in [-0.1, -0.05) is 11.6 Å². The summed E-state index contributed by atoms with van der Waals surface area (Å²) in [5, 5.41) is 0.515. The lowest BCUT2D eigenvalue weighted by molar-refractivity contribution is 0.735. The Labute approximate surface area is 87.5 Å². The predicted octanol–water partition coefficient (Wildman–Crippen LogP) is 2.32. The summed E-state index contributed by atoms with van der Waals surface area (Å²) in [6.07, 6.45) is 1.95. The SMILES string of the molecule is Cc1ccn2c(C(C)N)nc(Cl)c2c1. The molecule has 0 aliphatic carbocycles. The molecule has 0 fully saturated rings. The number of hydrogen-bond donors (Lipinski definition) is 1. The Morgan fingerprint density at radius 3 is 2.93 bits per heavy atom. The highest BCUT2D eigenvalue weighted by molar-refractivity contribution is 6.32. The van der Waals surface area contributed by atoms with E-state index in [4.69, 9.17) is 17.3 Å². The first kappa shape index (κ1) is 9.49. The molecule has 0 aliphatic rings. The van der Waals surface area contributed by atoms with E-state index in [1.165, 1.54) is 0 Å². The number of aromatic nitrogens is 2. The molecule has 2 heterocycles. The van der Waals surface area contributed by atoms with E-state index < -0.39 is 0 Å². The lowest BCUT2D eigenvalue weighted by Crippen LogP contribution is -2.09. The monoisotopic (exact) mass is 209 g/mol. The van der Waals surface area contributed by atoms with Crippen LogP contribution in [0.15, 0.2) is 18.3 Å². The van der Waals surface area contributed by atoms with Crippen LogP contribution in [0.1, 0.15) is 24.4 Å². The normalized spacial score (nSPS) is 13.4. The van der Waals surface area contributed by atoms with Gasteiger partial charge in [-0.25, -0.2) is 4.98 Å². The summed E-state index contributed by atoms with van der Waals surface area (Å²) >= 11 is 6.01. The Morgan fingerprint density at radius 1 is 1.57 bits per heavy atom. The van der Waals surface area contributed by atoms with E-state index in [0.717, 1.165) is 16.9 Å². The Bertz CT molecular complexity index is 473. The lowest BCUT2D eigenvalue weighted by atomic mass is 10.3. The fourth-order valence-corrected chi connectivity index (χ4v) is 1.73. The summed E-state index contributed by atoms with van der Waals surface area (Å²) in [5.74, 6) is 0.796. The summed E-state index contributed by atoms with van der Waals surface area (Å²) in [6, 6.07) is 3.90. The van der Waals surface area contributed by atoms with Crippen LogP contribution >= 0.6 is 11.6 Å². The van der Waals surface area contributed by atoms with Crippen LogP contribution in [-0.2, 0) is 0 Å². The molecule has 74 valence electrons. The Hall–Kier alpha value is -1.06. The average Bonchev–Trinajstić information content (AvgIpc) is 2.44. The molecule has 0 bridgehead atoms. The van der Waals surface area contributed by atoms with Crippen molar-refractivity contribution < 1.29 is 0 Å². The van der Waals surface area contributed by atoms with Gasteiger partial charge in [-0.05, 0) is 31.5 Å². The average molecular weight is 210 g/mol. The molecule has 2 aromatic rings. The number of halogens is 1. The Balaban J connectivity index is 2.77. The van der Waals surface area contributed by atoms with Crippen LogP contribution in [-0.4, -0.2) is 9.38 Å². The van der Waals surface area contributed by atoms with Crippen LogP contribution in [0.2, 0.25) is 5.15 Å². The first-order valence-electron chi connectivity index (χ1n) is 4.49. The second-order valence-electron chi connectivity index (χ2n) is 3.51. The number of nitrogens with zero attached hydrogens (tertiary/aromatic N) is 2. The van der Waals surface area contributed by atoms with Crippen LogP contribution in [0.4, 0.5) is 0 Å². The summed E-state index contributed by atoms with van der Waals surface area (Å²) in [6.45, 7) is 3.92. The van der Waals surface area contributed by atoms with Crippen molar-refractivity contribution in [1.82, 2.24) is 9.38 Å². The van der Waals surface area contributed by atoms with E-state index in [2.05, 4.69) is 4.98 Å². The number of imidazole rings is 1. The van der Waals surface area contributed by atoms with Gasteiger partial charge in [0.1, 0.15) is 5.82 Å². The third-order valence-electron chi connectivity index (χ3n) is 2.19. The van der Waals surface area contributed by atoms with Gasteiger partial charge in [0.2, 0.25) is 0 Å². The van der Waals surface area contributed by atoms with Crippen LogP contribution in [0, 0.1) is 6.92 Å². The van der Waals surface area contributed by atoms with Gasteiger partial charge < -0.3 is 10.1 Å².